The van der Waals surface area contributed by atoms with Gasteiger partial charge in [-0.3, -0.25) is 14.6 Å². The van der Waals surface area contributed by atoms with E-state index in [-0.39, 0.29) is 5.92 Å². The first-order valence-corrected chi connectivity index (χ1v) is 10.9. The van der Waals surface area contributed by atoms with Gasteiger partial charge < -0.3 is 4.90 Å². The second-order valence-corrected chi connectivity index (χ2v) is 8.86. The van der Waals surface area contributed by atoms with Crippen LogP contribution in [0.25, 0.3) is 22.0 Å². The van der Waals surface area contributed by atoms with Gasteiger partial charge in [0.15, 0.2) is 0 Å². The molecule has 0 bridgehead atoms. The second kappa shape index (κ2) is 7.65. The van der Waals surface area contributed by atoms with Crippen molar-refractivity contribution in [2.24, 2.45) is 11.8 Å². The number of carbonyl (C=O) groups is 1. The van der Waals surface area contributed by atoms with Crippen LogP contribution in [-0.4, -0.2) is 43.4 Å². The number of likely N-dealkylation sites (tertiary alicyclic amines) is 1. The number of carbonyl (C=O) groups excluding carboxylic acids is 1. The molecular formula is C23H29N5O. The van der Waals surface area contributed by atoms with Crippen LogP contribution in [-0.2, 0) is 11.3 Å². The highest BCUT2D eigenvalue weighted by Crippen LogP contribution is 2.32. The highest BCUT2D eigenvalue weighted by Gasteiger charge is 2.36. The van der Waals surface area contributed by atoms with E-state index in [2.05, 4.69) is 50.0 Å². The van der Waals surface area contributed by atoms with E-state index in [1.54, 1.807) is 0 Å². The minimum atomic E-state index is 0.261. The smallest absolute Gasteiger partial charge is 0.225 e. The minimum Gasteiger partial charge on any atom is -0.339 e. The van der Waals surface area contributed by atoms with Crippen LogP contribution in [0.5, 0.6) is 0 Å². The number of benzene rings is 1. The van der Waals surface area contributed by atoms with Crippen LogP contribution < -0.4 is 0 Å². The van der Waals surface area contributed by atoms with Gasteiger partial charge in [0.25, 0.3) is 0 Å². The van der Waals surface area contributed by atoms with Crippen LogP contribution in [0, 0.1) is 11.8 Å². The number of aromatic nitrogens is 4. The topological polar surface area (TPSA) is 66.8 Å². The van der Waals surface area contributed by atoms with E-state index in [0.717, 1.165) is 54.4 Å². The molecule has 6 nitrogen and oxygen atoms in total. The SMILES string of the molecule is C[C@@H]1CC(Cn2ncc3cc(-c4cn[nH]c4)ccc32)CN1C(=O)C1CCCCC1. The first-order chi connectivity index (χ1) is 14.2. The molecule has 1 N–H and O–H groups in total. The standard InChI is InChI=1S/C23H29N5O/c1-16-9-17(14-27(16)23(29)18-5-3-2-4-6-18)15-28-22-8-7-19(10-20(22)13-26-28)21-11-24-25-12-21/h7-8,10-13,16-18H,2-6,9,14-15H2,1H3,(H,24,25)/t16-,17?/m1/s1. The van der Waals surface area contributed by atoms with Crippen LogP contribution in [0.15, 0.2) is 36.8 Å². The maximum atomic E-state index is 13.0. The Kier molecular flexibility index (Phi) is 4.86. The molecule has 1 saturated heterocycles. The number of fused-ring (bicyclic) bond motifs is 1. The van der Waals surface area contributed by atoms with Gasteiger partial charge in [-0.05, 0) is 49.8 Å². The minimum absolute atomic E-state index is 0.261. The van der Waals surface area contributed by atoms with Gasteiger partial charge in [0.1, 0.15) is 0 Å². The van der Waals surface area contributed by atoms with Crippen LogP contribution in [0.3, 0.4) is 0 Å². The summed E-state index contributed by atoms with van der Waals surface area (Å²) >= 11 is 0. The van der Waals surface area contributed by atoms with Gasteiger partial charge in [-0.2, -0.15) is 10.2 Å². The molecule has 1 aliphatic heterocycles. The third kappa shape index (κ3) is 3.56. The zero-order chi connectivity index (χ0) is 19.8. The van der Waals surface area contributed by atoms with Crippen LogP contribution >= 0.6 is 0 Å². The van der Waals surface area contributed by atoms with Gasteiger partial charge in [0, 0.05) is 42.2 Å². The lowest BCUT2D eigenvalue weighted by atomic mass is 9.88. The molecule has 2 aliphatic rings. The van der Waals surface area contributed by atoms with Crippen LogP contribution in [0.1, 0.15) is 45.4 Å². The molecule has 29 heavy (non-hydrogen) atoms. The Balaban J connectivity index is 1.29. The van der Waals surface area contributed by atoms with Crippen molar-refractivity contribution >= 4 is 16.8 Å². The van der Waals surface area contributed by atoms with Crippen LogP contribution in [0.4, 0.5) is 0 Å². The summed E-state index contributed by atoms with van der Waals surface area (Å²) in [5, 5.41) is 12.7. The third-order valence-electron chi connectivity index (χ3n) is 6.80. The summed E-state index contributed by atoms with van der Waals surface area (Å²) in [6, 6.07) is 6.78. The molecule has 6 heteroatoms. The van der Waals surface area contributed by atoms with Crippen molar-refractivity contribution < 1.29 is 4.79 Å². The summed E-state index contributed by atoms with van der Waals surface area (Å²) in [7, 11) is 0. The van der Waals surface area contributed by atoms with E-state index < -0.39 is 0 Å². The van der Waals surface area contributed by atoms with Gasteiger partial charge in [-0.15, -0.1) is 0 Å². The van der Waals surface area contributed by atoms with Crippen molar-refractivity contribution in [1.29, 1.82) is 0 Å². The maximum absolute atomic E-state index is 13.0. The number of nitrogens with one attached hydrogen (secondary N) is 1. The number of amides is 1. The van der Waals surface area contributed by atoms with Crippen molar-refractivity contribution in [2.45, 2.75) is 58.0 Å². The van der Waals surface area contributed by atoms with Gasteiger partial charge in [0.05, 0.1) is 17.9 Å². The molecule has 1 aliphatic carbocycles. The maximum Gasteiger partial charge on any atom is 0.225 e. The largest absolute Gasteiger partial charge is 0.339 e. The van der Waals surface area contributed by atoms with E-state index in [1.807, 2.05) is 18.6 Å². The van der Waals surface area contributed by atoms with Crippen LogP contribution in [0.2, 0.25) is 0 Å². The molecule has 1 amide bonds. The molecule has 3 heterocycles. The molecule has 1 unspecified atom stereocenters. The molecule has 0 spiro atoms. The van der Waals surface area contributed by atoms with Crippen molar-refractivity contribution in [3.63, 3.8) is 0 Å². The Labute approximate surface area is 171 Å². The molecule has 3 aromatic rings. The first kappa shape index (κ1) is 18.4. The summed E-state index contributed by atoms with van der Waals surface area (Å²) in [5.74, 6) is 1.13. The fourth-order valence-corrected chi connectivity index (χ4v) is 5.23. The Morgan fingerprint density at radius 3 is 2.83 bits per heavy atom. The highest BCUT2D eigenvalue weighted by molar-refractivity contribution is 5.84. The number of nitrogens with zero attached hydrogens (tertiary/aromatic N) is 4. The molecule has 1 aromatic carbocycles. The molecule has 152 valence electrons. The number of rotatable bonds is 4. The normalized spacial score (nSPS) is 23.1. The summed E-state index contributed by atoms with van der Waals surface area (Å²) in [4.78, 5) is 15.2. The van der Waals surface area contributed by atoms with Crippen molar-refractivity contribution in [1.82, 2.24) is 24.9 Å². The molecule has 5 rings (SSSR count). The summed E-state index contributed by atoms with van der Waals surface area (Å²) in [6.07, 6.45) is 12.6. The quantitative estimate of drug-likeness (QED) is 0.723. The Morgan fingerprint density at radius 2 is 2.03 bits per heavy atom. The predicted octanol–water partition coefficient (Wildman–Crippen LogP) is 4.24. The lowest BCUT2D eigenvalue weighted by Gasteiger charge is -2.29. The average Bonchev–Trinajstić information content (AvgIpc) is 3.49. The Morgan fingerprint density at radius 1 is 1.17 bits per heavy atom. The van der Waals surface area contributed by atoms with Gasteiger partial charge >= 0.3 is 0 Å². The summed E-state index contributed by atoms with van der Waals surface area (Å²) in [6.45, 7) is 3.94. The van der Waals surface area contributed by atoms with E-state index in [1.165, 1.54) is 19.3 Å². The fraction of sp³-hybridized carbons (Fsp3) is 0.522. The van der Waals surface area contributed by atoms with E-state index in [0.29, 0.717) is 17.9 Å². The number of H-pyrrole nitrogens is 1. The van der Waals surface area contributed by atoms with Gasteiger partial charge in [-0.25, -0.2) is 0 Å². The average molecular weight is 392 g/mol. The number of aromatic amines is 1. The molecular weight excluding hydrogens is 362 g/mol. The predicted molar refractivity (Wildman–Crippen MR) is 113 cm³/mol. The molecule has 2 aromatic heterocycles. The fourth-order valence-electron chi connectivity index (χ4n) is 5.23. The van der Waals surface area contributed by atoms with E-state index >= 15 is 0 Å². The monoisotopic (exact) mass is 391 g/mol. The zero-order valence-electron chi connectivity index (χ0n) is 17.1. The first-order valence-electron chi connectivity index (χ1n) is 10.9. The Bertz CT molecular complexity index is 986. The number of hydrogen-bond acceptors (Lipinski definition) is 3. The summed E-state index contributed by atoms with van der Waals surface area (Å²) in [5.41, 5.74) is 3.38. The molecule has 0 radical (unpaired) electrons. The highest BCUT2D eigenvalue weighted by atomic mass is 16.2. The zero-order valence-corrected chi connectivity index (χ0v) is 17.1. The van der Waals surface area contributed by atoms with Crippen molar-refractivity contribution in [3.8, 4) is 11.1 Å². The van der Waals surface area contributed by atoms with Gasteiger partial charge in [0.2, 0.25) is 5.91 Å². The van der Waals surface area contributed by atoms with E-state index in [9.17, 15) is 4.79 Å². The molecule has 1 saturated carbocycles. The Hall–Kier alpha value is -2.63. The lowest BCUT2D eigenvalue weighted by Crippen LogP contribution is -2.39. The van der Waals surface area contributed by atoms with E-state index in [4.69, 9.17) is 0 Å². The third-order valence-corrected chi connectivity index (χ3v) is 6.80. The molecule has 2 fully saturated rings. The molecule has 2 atom stereocenters. The van der Waals surface area contributed by atoms with Gasteiger partial charge in [-0.1, -0.05) is 25.3 Å². The second-order valence-electron chi connectivity index (χ2n) is 8.86. The van der Waals surface area contributed by atoms with Crippen molar-refractivity contribution in [3.05, 3.63) is 36.8 Å². The summed E-state index contributed by atoms with van der Waals surface area (Å²) < 4.78 is 2.11. The van der Waals surface area contributed by atoms with Crippen molar-refractivity contribution in [2.75, 3.05) is 6.54 Å². The number of hydrogen-bond donors (Lipinski definition) is 1. The lowest BCUT2D eigenvalue weighted by molar-refractivity contribution is -0.137.